The second kappa shape index (κ2) is 7.26. The Balaban J connectivity index is 1.58. The highest BCUT2D eigenvalue weighted by Gasteiger charge is 2.28. The molecule has 1 aliphatic carbocycles. The summed E-state index contributed by atoms with van der Waals surface area (Å²) in [5, 5.41) is 12.2. The molecule has 0 saturated heterocycles. The van der Waals surface area contributed by atoms with Crippen LogP contribution in [0.2, 0.25) is 0 Å². The Morgan fingerprint density at radius 3 is 2.65 bits per heavy atom. The van der Waals surface area contributed by atoms with Crippen molar-refractivity contribution < 1.29 is 19.4 Å². The predicted molar refractivity (Wildman–Crippen MR) is 75.3 cm³/mol. The van der Waals surface area contributed by atoms with Gasteiger partial charge in [0, 0.05) is 19.2 Å². The summed E-state index contributed by atoms with van der Waals surface area (Å²) in [5.74, 6) is -0.232. The minimum absolute atomic E-state index is 0.270. The van der Waals surface area contributed by atoms with Gasteiger partial charge < -0.3 is 19.9 Å². The molecule has 0 heterocycles. The largest absolute Gasteiger partial charge is 0.492 e. The van der Waals surface area contributed by atoms with Crippen LogP contribution in [0.25, 0.3) is 0 Å². The molecule has 5 heteroatoms. The number of hydrogen-bond acceptors (Lipinski definition) is 4. The number of nitrogens with one attached hydrogen (secondary N) is 1. The van der Waals surface area contributed by atoms with E-state index in [-0.39, 0.29) is 5.56 Å². The number of benzene rings is 1. The molecule has 1 saturated carbocycles. The molecule has 110 valence electrons. The Labute approximate surface area is 118 Å². The van der Waals surface area contributed by atoms with Crippen molar-refractivity contribution in [3.8, 4) is 5.75 Å². The van der Waals surface area contributed by atoms with E-state index in [2.05, 4.69) is 5.32 Å². The second-order valence-electron chi connectivity index (χ2n) is 4.88. The van der Waals surface area contributed by atoms with Gasteiger partial charge in [0.25, 0.3) is 0 Å². The van der Waals surface area contributed by atoms with Crippen LogP contribution >= 0.6 is 0 Å². The maximum Gasteiger partial charge on any atom is 0.335 e. The minimum atomic E-state index is -0.924. The molecule has 0 radical (unpaired) electrons. The third-order valence-electron chi connectivity index (χ3n) is 3.40. The normalized spacial score (nSPS) is 21.2. The molecule has 5 nitrogen and oxygen atoms in total. The number of carboxylic acid groups (broad SMARTS) is 1. The monoisotopic (exact) mass is 279 g/mol. The van der Waals surface area contributed by atoms with Crippen molar-refractivity contribution in [1.82, 2.24) is 5.32 Å². The highest BCUT2D eigenvalue weighted by molar-refractivity contribution is 5.87. The van der Waals surface area contributed by atoms with Gasteiger partial charge in [-0.3, -0.25) is 0 Å². The van der Waals surface area contributed by atoms with Gasteiger partial charge >= 0.3 is 5.97 Å². The smallest absolute Gasteiger partial charge is 0.335 e. The first-order valence-electron chi connectivity index (χ1n) is 7.00. The lowest BCUT2D eigenvalue weighted by atomic mass is 9.89. The summed E-state index contributed by atoms with van der Waals surface area (Å²) < 4.78 is 11.0. The van der Waals surface area contributed by atoms with E-state index in [9.17, 15) is 4.79 Å². The van der Waals surface area contributed by atoms with E-state index in [1.165, 1.54) is 0 Å². The molecule has 20 heavy (non-hydrogen) atoms. The number of aromatic carboxylic acids is 1. The fourth-order valence-electron chi connectivity index (χ4n) is 2.23. The van der Waals surface area contributed by atoms with E-state index >= 15 is 0 Å². The number of rotatable bonds is 8. The van der Waals surface area contributed by atoms with E-state index in [0.29, 0.717) is 24.5 Å². The zero-order valence-electron chi connectivity index (χ0n) is 11.7. The van der Waals surface area contributed by atoms with Crippen molar-refractivity contribution in [2.24, 2.45) is 0 Å². The quantitative estimate of drug-likeness (QED) is 0.712. The van der Waals surface area contributed by atoms with Crippen LogP contribution in [0.5, 0.6) is 5.75 Å². The van der Waals surface area contributed by atoms with E-state index in [0.717, 1.165) is 26.0 Å². The zero-order chi connectivity index (χ0) is 14.4. The molecule has 0 aromatic heterocycles. The molecule has 1 aromatic rings. The van der Waals surface area contributed by atoms with Gasteiger partial charge in [-0.2, -0.15) is 0 Å². The van der Waals surface area contributed by atoms with Gasteiger partial charge in [-0.1, -0.05) is 0 Å². The highest BCUT2D eigenvalue weighted by Crippen LogP contribution is 2.22. The molecule has 1 aromatic carbocycles. The summed E-state index contributed by atoms with van der Waals surface area (Å²) in [6, 6.07) is 6.98. The van der Waals surface area contributed by atoms with E-state index < -0.39 is 5.97 Å². The van der Waals surface area contributed by atoms with Gasteiger partial charge in [-0.05, 0) is 44.0 Å². The van der Waals surface area contributed by atoms with Crippen LogP contribution in [0.4, 0.5) is 0 Å². The summed E-state index contributed by atoms with van der Waals surface area (Å²) in [4.78, 5) is 10.7. The van der Waals surface area contributed by atoms with Crippen molar-refractivity contribution in [3.05, 3.63) is 29.8 Å². The molecule has 2 N–H and O–H groups in total. The topological polar surface area (TPSA) is 67.8 Å². The van der Waals surface area contributed by atoms with E-state index in [4.69, 9.17) is 14.6 Å². The lowest BCUT2D eigenvalue weighted by Gasteiger charge is -2.35. The molecule has 0 amide bonds. The Morgan fingerprint density at radius 1 is 1.35 bits per heavy atom. The molecule has 0 spiro atoms. The summed E-state index contributed by atoms with van der Waals surface area (Å²) in [7, 11) is 0. The van der Waals surface area contributed by atoms with Gasteiger partial charge in [0.2, 0.25) is 0 Å². The molecule has 0 bridgehead atoms. The summed E-state index contributed by atoms with van der Waals surface area (Å²) in [6.07, 6.45) is 2.56. The molecular weight excluding hydrogens is 258 g/mol. The third-order valence-corrected chi connectivity index (χ3v) is 3.40. The first-order chi connectivity index (χ1) is 9.69. The van der Waals surface area contributed by atoms with Gasteiger partial charge in [-0.25, -0.2) is 4.79 Å². The molecule has 1 aliphatic rings. The maximum absolute atomic E-state index is 10.7. The average Bonchev–Trinajstić information content (AvgIpc) is 2.40. The Morgan fingerprint density at radius 2 is 2.05 bits per heavy atom. The number of carboxylic acids is 1. The summed E-state index contributed by atoms with van der Waals surface area (Å²) >= 11 is 0. The van der Waals surface area contributed by atoms with Crippen molar-refractivity contribution in [2.45, 2.75) is 31.9 Å². The first kappa shape index (κ1) is 14.8. The fourth-order valence-corrected chi connectivity index (χ4v) is 2.23. The van der Waals surface area contributed by atoms with Crippen LogP contribution in [0.3, 0.4) is 0 Å². The number of hydrogen-bond donors (Lipinski definition) is 2. The van der Waals surface area contributed by atoms with Gasteiger partial charge in [-0.15, -0.1) is 0 Å². The highest BCUT2D eigenvalue weighted by atomic mass is 16.5. The standard InChI is InChI=1S/C15H21NO4/c1-2-19-14-9-12(10-14)16-7-8-20-13-5-3-11(4-6-13)15(17)18/h3-6,12,14,16H,2,7-10H2,1H3,(H,17,18). The molecule has 0 unspecified atom stereocenters. The first-order valence-corrected chi connectivity index (χ1v) is 7.00. The van der Waals surface area contributed by atoms with Crippen LogP contribution < -0.4 is 10.1 Å². The van der Waals surface area contributed by atoms with Gasteiger partial charge in [0.1, 0.15) is 12.4 Å². The Kier molecular flexibility index (Phi) is 5.38. The molecular formula is C15H21NO4. The SMILES string of the molecule is CCOC1CC(NCCOc2ccc(C(=O)O)cc2)C1. The third kappa shape index (κ3) is 4.21. The zero-order valence-corrected chi connectivity index (χ0v) is 11.7. The van der Waals surface area contributed by atoms with Crippen LogP contribution in [-0.2, 0) is 4.74 Å². The lowest BCUT2D eigenvalue weighted by molar-refractivity contribution is -0.0103. The van der Waals surface area contributed by atoms with Crippen LogP contribution in [-0.4, -0.2) is 43.0 Å². The van der Waals surface area contributed by atoms with Crippen molar-refractivity contribution >= 4 is 5.97 Å². The van der Waals surface area contributed by atoms with Crippen molar-refractivity contribution in [1.29, 1.82) is 0 Å². The second-order valence-corrected chi connectivity index (χ2v) is 4.88. The van der Waals surface area contributed by atoms with Crippen LogP contribution in [0, 0.1) is 0 Å². The van der Waals surface area contributed by atoms with Crippen molar-refractivity contribution in [3.63, 3.8) is 0 Å². The average molecular weight is 279 g/mol. The summed E-state index contributed by atoms with van der Waals surface area (Å²) in [5.41, 5.74) is 0.270. The van der Waals surface area contributed by atoms with E-state index in [1.54, 1.807) is 24.3 Å². The van der Waals surface area contributed by atoms with Gasteiger partial charge in [0.15, 0.2) is 0 Å². The van der Waals surface area contributed by atoms with Crippen LogP contribution in [0.15, 0.2) is 24.3 Å². The molecule has 1 fully saturated rings. The Bertz CT molecular complexity index is 426. The fraction of sp³-hybridized carbons (Fsp3) is 0.533. The number of ether oxygens (including phenoxy) is 2. The van der Waals surface area contributed by atoms with Crippen LogP contribution in [0.1, 0.15) is 30.1 Å². The lowest BCUT2D eigenvalue weighted by Crippen LogP contribution is -2.46. The van der Waals surface area contributed by atoms with E-state index in [1.807, 2.05) is 6.92 Å². The summed E-state index contributed by atoms with van der Waals surface area (Å²) in [6.45, 7) is 4.16. The number of carbonyl (C=O) groups is 1. The molecule has 0 atom stereocenters. The maximum atomic E-state index is 10.7. The minimum Gasteiger partial charge on any atom is -0.492 e. The van der Waals surface area contributed by atoms with Crippen molar-refractivity contribution in [2.75, 3.05) is 19.8 Å². The molecule has 2 rings (SSSR count). The molecule has 0 aliphatic heterocycles. The Hall–Kier alpha value is -1.59. The van der Waals surface area contributed by atoms with Gasteiger partial charge in [0.05, 0.1) is 11.7 Å². The predicted octanol–water partition coefficient (Wildman–Crippen LogP) is 1.92.